The van der Waals surface area contributed by atoms with Gasteiger partial charge in [0, 0.05) is 11.9 Å². The molecule has 0 aromatic heterocycles. The molecule has 1 heterocycles. The van der Waals surface area contributed by atoms with Crippen molar-refractivity contribution < 1.29 is 0 Å². The van der Waals surface area contributed by atoms with Crippen molar-refractivity contribution in [3.05, 3.63) is 66.7 Å². The number of allylic oxidation sites excluding steroid dienone is 4. The number of hydrogen-bond acceptors (Lipinski definition) is 2. The summed E-state index contributed by atoms with van der Waals surface area (Å²) in [5.74, 6) is 0.973. The molecule has 0 bridgehead atoms. The van der Waals surface area contributed by atoms with Gasteiger partial charge in [0.15, 0.2) is 0 Å². The molecule has 1 aromatic rings. The maximum Gasteiger partial charge on any atom is 0.107 e. The molecular weight excluding hydrogens is 172 g/mol. The maximum atomic E-state index is 3.27. The second-order valence-electron chi connectivity index (χ2n) is 2.96. The van der Waals surface area contributed by atoms with E-state index in [1.165, 1.54) is 0 Å². The van der Waals surface area contributed by atoms with Gasteiger partial charge in [-0.15, -0.1) is 0 Å². The van der Waals surface area contributed by atoms with Crippen LogP contribution in [0.15, 0.2) is 66.7 Å². The van der Waals surface area contributed by atoms with Crippen LogP contribution < -0.4 is 10.6 Å². The largest absolute Gasteiger partial charge is 0.348 e. The first kappa shape index (κ1) is 8.63. The maximum absolute atomic E-state index is 3.27. The van der Waals surface area contributed by atoms with Crippen LogP contribution in [0, 0.1) is 0 Å². The normalized spacial score (nSPS) is 14.1. The number of hydrogen-bond donors (Lipinski definition) is 2. The molecule has 0 aliphatic carbocycles. The molecule has 1 aromatic carbocycles. The molecule has 0 amide bonds. The van der Waals surface area contributed by atoms with Crippen molar-refractivity contribution in [3.8, 4) is 0 Å². The standard InChI is InChI=1S/C12H12N2/c1-3-7-11(8-4-1)14-12-9-5-2-6-10-13-12/h1-10,13-14H. The Balaban J connectivity index is 2.08. The van der Waals surface area contributed by atoms with E-state index in [1.54, 1.807) is 0 Å². The van der Waals surface area contributed by atoms with Gasteiger partial charge in [-0.2, -0.15) is 0 Å². The van der Waals surface area contributed by atoms with E-state index in [-0.39, 0.29) is 0 Å². The summed E-state index contributed by atoms with van der Waals surface area (Å²) in [5, 5.41) is 6.41. The van der Waals surface area contributed by atoms with Gasteiger partial charge >= 0.3 is 0 Å². The van der Waals surface area contributed by atoms with Gasteiger partial charge in [0.05, 0.1) is 0 Å². The lowest BCUT2D eigenvalue weighted by Gasteiger charge is -2.09. The van der Waals surface area contributed by atoms with E-state index >= 15 is 0 Å². The van der Waals surface area contributed by atoms with Crippen LogP contribution in [0.25, 0.3) is 0 Å². The first-order chi connectivity index (χ1) is 6.95. The quantitative estimate of drug-likeness (QED) is 0.738. The zero-order valence-corrected chi connectivity index (χ0v) is 7.77. The molecule has 0 unspecified atom stereocenters. The molecule has 0 fully saturated rings. The Morgan fingerprint density at radius 2 is 1.79 bits per heavy atom. The van der Waals surface area contributed by atoms with Gasteiger partial charge in [-0.05, 0) is 24.3 Å². The summed E-state index contributed by atoms with van der Waals surface area (Å²) in [6.45, 7) is 0. The molecule has 2 nitrogen and oxygen atoms in total. The highest BCUT2D eigenvalue weighted by Crippen LogP contribution is 2.08. The molecule has 0 saturated heterocycles. The summed E-state index contributed by atoms with van der Waals surface area (Å²) >= 11 is 0. The monoisotopic (exact) mass is 184 g/mol. The smallest absolute Gasteiger partial charge is 0.107 e. The lowest BCUT2D eigenvalue weighted by molar-refractivity contribution is 1.07. The first-order valence-electron chi connectivity index (χ1n) is 4.57. The van der Waals surface area contributed by atoms with Crippen LogP contribution in [-0.2, 0) is 0 Å². The van der Waals surface area contributed by atoms with Gasteiger partial charge in [0.1, 0.15) is 5.82 Å². The Bertz CT molecular complexity index is 375. The summed E-state index contributed by atoms with van der Waals surface area (Å²) in [6.07, 6.45) is 9.81. The van der Waals surface area contributed by atoms with Crippen LogP contribution >= 0.6 is 0 Å². The van der Waals surface area contributed by atoms with Crippen LogP contribution in [-0.4, -0.2) is 0 Å². The van der Waals surface area contributed by atoms with E-state index in [0.29, 0.717) is 0 Å². The molecule has 0 saturated carbocycles. The van der Waals surface area contributed by atoms with Crippen LogP contribution in [0.2, 0.25) is 0 Å². The van der Waals surface area contributed by atoms with E-state index in [4.69, 9.17) is 0 Å². The summed E-state index contributed by atoms with van der Waals surface area (Å²) in [4.78, 5) is 0. The van der Waals surface area contributed by atoms with E-state index in [1.807, 2.05) is 60.8 Å². The highest BCUT2D eigenvalue weighted by Gasteiger charge is 1.94. The van der Waals surface area contributed by atoms with Gasteiger partial charge in [-0.3, -0.25) is 0 Å². The van der Waals surface area contributed by atoms with Crippen LogP contribution in [0.4, 0.5) is 5.69 Å². The lowest BCUT2D eigenvalue weighted by Crippen LogP contribution is -2.12. The van der Waals surface area contributed by atoms with E-state index < -0.39 is 0 Å². The van der Waals surface area contributed by atoms with Gasteiger partial charge in [-0.1, -0.05) is 30.4 Å². The van der Waals surface area contributed by atoms with Crippen molar-refractivity contribution in [2.45, 2.75) is 0 Å². The highest BCUT2D eigenvalue weighted by atomic mass is 15.1. The van der Waals surface area contributed by atoms with Crippen LogP contribution in [0.3, 0.4) is 0 Å². The van der Waals surface area contributed by atoms with Gasteiger partial charge in [0.2, 0.25) is 0 Å². The van der Waals surface area contributed by atoms with Crippen molar-refractivity contribution in [1.82, 2.24) is 5.32 Å². The summed E-state index contributed by atoms with van der Waals surface area (Å²) in [7, 11) is 0. The third-order valence-corrected chi connectivity index (χ3v) is 1.87. The molecule has 2 heteroatoms. The second kappa shape index (κ2) is 4.33. The third-order valence-electron chi connectivity index (χ3n) is 1.87. The first-order valence-corrected chi connectivity index (χ1v) is 4.57. The third kappa shape index (κ3) is 2.26. The number of para-hydroxylation sites is 1. The molecule has 2 N–H and O–H groups in total. The average Bonchev–Trinajstić information content (AvgIpc) is 2.48. The van der Waals surface area contributed by atoms with E-state index in [9.17, 15) is 0 Å². The minimum Gasteiger partial charge on any atom is -0.348 e. The van der Waals surface area contributed by atoms with Gasteiger partial charge in [-0.25, -0.2) is 0 Å². The predicted molar refractivity (Wildman–Crippen MR) is 59.6 cm³/mol. The Morgan fingerprint density at radius 3 is 2.64 bits per heavy atom. The average molecular weight is 184 g/mol. The van der Waals surface area contributed by atoms with Crippen molar-refractivity contribution in [1.29, 1.82) is 0 Å². The van der Waals surface area contributed by atoms with Crippen molar-refractivity contribution >= 4 is 5.69 Å². The molecule has 0 radical (unpaired) electrons. The second-order valence-corrected chi connectivity index (χ2v) is 2.96. The van der Waals surface area contributed by atoms with Gasteiger partial charge in [0.25, 0.3) is 0 Å². The molecule has 1 aliphatic heterocycles. The minimum absolute atomic E-state index is 0.973. The fourth-order valence-electron chi connectivity index (χ4n) is 1.21. The Morgan fingerprint density at radius 1 is 0.929 bits per heavy atom. The van der Waals surface area contributed by atoms with Crippen LogP contribution in [0.5, 0.6) is 0 Å². The SMILES string of the molecule is C1=CC=C(Nc2ccccc2)NC=C1. The zero-order valence-electron chi connectivity index (χ0n) is 7.77. The molecular formula is C12H12N2. The number of nitrogens with one attached hydrogen (secondary N) is 2. The Labute approximate surface area is 83.6 Å². The molecule has 0 spiro atoms. The van der Waals surface area contributed by atoms with Crippen LogP contribution in [0.1, 0.15) is 0 Å². The summed E-state index contributed by atoms with van der Waals surface area (Å²) < 4.78 is 0. The van der Waals surface area contributed by atoms with Crippen molar-refractivity contribution in [3.63, 3.8) is 0 Å². The zero-order chi connectivity index (χ0) is 9.64. The molecule has 70 valence electrons. The fraction of sp³-hybridized carbons (Fsp3) is 0. The van der Waals surface area contributed by atoms with Crippen molar-refractivity contribution in [2.24, 2.45) is 0 Å². The summed E-state index contributed by atoms with van der Waals surface area (Å²) in [6, 6.07) is 10.1. The number of rotatable bonds is 2. The molecule has 2 rings (SSSR count). The highest BCUT2D eigenvalue weighted by molar-refractivity contribution is 5.48. The van der Waals surface area contributed by atoms with E-state index in [2.05, 4.69) is 10.6 Å². The predicted octanol–water partition coefficient (Wildman–Crippen LogP) is 2.61. The summed E-state index contributed by atoms with van der Waals surface area (Å²) in [5.41, 5.74) is 1.08. The minimum atomic E-state index is 0.973. The van der Waals surface area contributed by atoms with Gasteiger partial charge < -0.3 is 10.6 Å². The number of benzene rings is 1. The molecule has 0 atom stereocenters. The lowest BCUT2D eigenvalue weighted by atomic mass is 10.3. The van der Waals surface area contributed by atoms with E-state index in [0.717, 1.165) is 11.5 Å². The van der Waals surface area contributed by atoms with Crippen molar-refractivity contribution in [2.75, 3.05) is 5.32 Å². The number of anilines is 1. The molecule has 14 heavy (non-hydrogen) atoms. The fourth-order valence-corrected chi connectivity index (χ4v) is 1.21. The topological polar surface area (TPSA) is 24.1 Å². The molecule has 1 aliphatic rings. The Hall–Kier alpha value is -1.96. The Kier molecular flexibility index (Phi) is 2.67.